The summed E-state index contributed by atoms with van der Waals surface area (Å²) in [4.78, 5) is 14.8. The first kappa shape index (κ1) is 16.8. The van der Waals surface area contributed by atoms with Crippen LogP contribution in [0.25, 0.3) is 0 Å². The Hall–Kier alpha value is -0.520. The quantitative estimate of drug-likeness (QED) is 0.715. The third-order valence-corrected chi connectivity index (χ3v) is 5.01. The van der Waals surface area contributed by atoms with Crippen LogP contribution < -0.4 is 17.7 Å². The van der Waals surface area contributed by atoms with Gasteiger partial charge in [0.05, 0.1) is 35.4 Å². The van der Waals surface area contributed by atoms with Crippen LogP contribution in [0.2, 0.25) is 10.0 Å². The molecule has 0 aromatic heterocycles. The molecule has 3 aliphatic heterocycles. The molecule has 1 amide bonds. The van der Waals surface area contributed by atoms with E-state index in [2.05, 4.69) is 10.2 Å². The van der Waals surface area contributed by atoms with Crippen LogP contribution in [0.15, 0.2) is 18.2 Å². The van der Waals surface area contributed by atoms with Gasteiger partial charge >= 0.3 is 0 Å². The minimum Gasteiger partial charge on any atom is -1.00 e. The average molecular weight is 351 g/mol. The Bertz CT molecular complexity index is 496. The van der Waals surface area contributed by atoms with Crippen molar-refractivity contribution in [3.63, 3.8) is 0 Å². The fraction of sp³-hybridized carbons (Fsp3) is 0.500. The molecule has 0 atom stereocenters. The fourth-order valence-electron chi connectivity index (χ4n) is 3.07. The molecule has 0 aliphatic carbocycles. The van der Waals surface area contributed by atoms with Crippen LogP contribution in [0, 0.1) is 0 Å². The van der Waals surface area contributed by atoms with E-state index in [1.54, 1.807) is 18.2 Å². The molecule has 4 nitrogen and oxygen atoms in total. The Morgan fingerprint density at radius 1 is 1.14 bits per heavy atom. The molecule has 1 N–H and O–H groups in total. The van der Waals surface area contributed by atoms with Gasteiger partial charge < -0.3 is 22.2 Å². The first-order chi connectivity index (χ1) is 9.58. The number of carbonyl (C=O) groups is 1. The van der Waals surface area contributed by atoms with Crippen molar-refractivity contribution in [2.75, 3.05) is 51.1 Å². The van der Waals surface area contributed by atoms with E-state index in [0.717, 1.165) is 43.8 Å². The van der Waals surface area contributed by atoms with Gasteiger partial charge in [0.1, 0.15) is 0 Å². The van der Waals surface area contributed by atoms with Gasteiger partial charge in [0.15, 0.2) is 6.54 Å². The molecule has 2 bridgehead atoms. The third kappa shape index (κ3) is 3.63. The molecule has 0 saturated carbocycles. The highest BCUT2D eigenvalue weighted by atomic mass is 35.5. The molecular formula is C14H18Cl3N3O. The Kier molecular flexibility index (Phi) is 5.38. The van der Waals surface area contributed by atoms with E-state index in [1.807, 2.05) is 0 Å². The van der Waals surface area contributed by atoms with Gasteiger partial charge in [-0.05, 0) is 12.1 Å². The zero-order chi connectivity index (χ0) is 14.2. The first-order valence-corrected chi connectivity index (χ1v) is 7.65. The second-order valence-electron chi connectivity index (χ2n) is 5.66. The zero-order valence-corrected chi connectivity index (χ0v) is 13.9. The van der Waals surface area contributed by atoms with Crippen LogP contribution in [0.3, 0.4) is 0 Å². The summed E-state index contributed by atoms with van der Waals surface area (Å²) in [5, 5.41) is 3.83. The van der Waals surface area contributed by atoms with Gasteiger partial charge in [-0.3, -0.25) is 9.69 Å². The molecule has 7 heteroatoms. The molecule has 3 aliphatic rings. The number of hydrogen-bond donors (Lipinski definition) is 1. The maximum Gasteiger partial charge on any atom is 0.279 e. The zero-order valence-electron chi connectivity index (χ0n) is 11.6. The Balaban J connectivity index is 0.00000161. The largest absolute Gasteiger partial charge is 1.00 e. The molecule has 1 aromatic rings. The Morgan fingerprint density at radius 3 is 2.19 bits per heavy atom. The van der Waals surface area contributed by atoms with Gasteiger partial charge in [-0.25, -0.2) is 0 Å². The van der Waals surface area contributed by atoms with Crippen LogP contribution in [0.4, 0.5) is 5.69 Å². The monoisotopic (exact) mass is 349 g/mol. The highest BCUT2D eigenvalue weighted by Crippen LogP contribution is 2.30. The minimum atomic E-state index is -0.00431. The number of nitrogens with zero attached hydrogens (tertiary/aromatic N) is 2. The van der Waals surface area contributed by atoms with Crippen molar-refractivity contribution in [2.45, 2.75) is 0 Å². The summed E-state index contributed by atoms with van der Waals surface area (Å²) >= 11 is 12.2. The lowest BCUT2D eigenvalue weighted by Gasteiger charge is -2.50. The number of para-hydroxylation sites is 1. The van der Waals surface area contributed by atoms with Gasteiger partial charge in [-0.15, -0.1) is 0 Å². The summed E-state index contributed by atoms with van der Waals surface area (Å²) in [6.07, 6.45) is 0. The molecule has 0 radical (unpaired) electrons. The predicted molar refractivity (Wildman–Crippen MR) is 81.3 cm³/mol. The number of nitrogens with one attached hydrogen (secondary N) is 1. The fourth-order valence-corrected chi connectivity index (χ4v) is 3.56. The van der Waals surface area contributed by atoms with Crippen LogP contribution in [0.5, 0.6) is 0 Å². The van der Waals surface area contributed by atoms with Crippen molar-refractivity contribution in [2.24, 2.45) is 0 Å². The molecule has 0 spiro atoms. The smallest absolute Gasteiger partial charge is 0.279 e. The third-order valence-electron chi connectivity index (χ3n) is 4.38. The van der Waals surface area contributed by atoms with E-state index in [9.17, 15) is 4.79 Å². The predicted octanol–water partition coefficient (Wildman–Crippen LogP) is -0.918. The second-order valence-corrected chi connectivity index (χ2v) is 6.47. The molecule has 1 aromatic carbocycles. The van der Waals surface area contributed by atoms with Gasteiger partial charge in [-0.2, -0.15) is 0 Å². The number of anilines is 1. The van der Waals surface area contributed by atoms with E-state index in [0.29, 0.717) is 22.3 Å². The van der Waals surface area contributed by atoms with E-state index in [1.165, 1.54) is 0 Å². The highest BCUT2D eigenvalue weighted by molar-refractivity contribution is 6.39. The van der Waals surface area contributed by atoms with E-state index in [-0.39, 0.29) is 18.3 Å². The van der Waals surface area contributed by atoms with E-state index < -0.39 is 0 Å². The number of fused-ring (bicyclic) bond motifs is 3. The average Bonchev–Trinajstić information content (AvgIpc) is 2.44. The summed E-state index contributed by atoms with van der Waals surface area (Å²) in [7, 11) is 0. The van der Waals surface area contributed by atoms with E-state index in [4.69, 9.17) is 23.2 Å². The van der Waals surface area contributed by atoms with Gasteiger partial charge in [0.2, 0.25) is 0 Å². The lowest BCUT2D eigenvalue weighted by Crippen LogP contribution is -3.00. The summed E-state index contributed by atoms with van der Waals surface area (Å²) in [6, 6.07) is 5.23. The topological polar surface area (TPSA) is 32.3 Å². The van der Waals surface area contributed by atoms with Crippen LogP contribution in [-0.2, 0) is 4.79 Å². The number of quaternary nitrogens is 1. The Morgan fingerprint density at radius 2 is 1.67 bits per heavy atom. The normalized spacial score (nSPS) is 27.0. The van der Waals surface area contributed by atoms with Crippen molar-refractivity contribution in [1.82, 2.24) is 4.90 Å². The minimum absolute atomic E-state index is 0. The molecule has 3 heterocycles. The number of rotatable bonds is 3. The SMILES string of the molecule is O=C(C[N+]12CCN(CC1)CC2)Nc1c(Cl)cccc1Cl.[Cl-]. The molecule has 0 unspecified atom stereocenters. The second kappa shape index (κ2) is 6.71. The van der Waals surface area contributed by atoms with E-state index >= 15 is 0 Å². The van der Waals surface area contributed by atoms with Crippen molar-refractivity contribution in [3.8, 4) is 0 Å². The lowest BCUT2D eigenvalue weighted by molar-refractivity contribution is -0.933. The van der Waals surface area contributed by atoms with Crippen LogP contribution in [0.1, 0.15) is 0 Å². The van der Waals surface area contributed by atoms with Gasteiger partial charge in [0.25, 0.3) is 5.91 Å². The van der Waals surface area contributed by atoms with Crippen LogP contribution >= 0.6 is 23.2 Å². The van der Waals surface area contributed by atoms with Crippen molar-refractivity contribution in [1.29, 1.82) is 0 Å². The molecule has 21 heavy (non-hydrogen) atoms. The maximum absolute atomic E-state index is 12.3. The number of halogens is 3. The molecule has 3 saturated heterocycles. The number of hydrogen-bond acceptors (Lipinski definition) is 2. The number of carbonyl (C=O) groups excluding carboxylic acids is 1. The molecule has 3 fully saturated rings. The summed E-state index contributed by atoms with van der Waals surface area (Å²) in [5.74, 6) is -0.00431. The Labute approximate surface area is 141 Å². The van der Waals surface area contributed by atoms with Crippen molar-refractivity contribution < 1.29 is 21.7 Å². The van der Waals surface area contributed by atoms with Crippen molar-refractivity contribution in [3.05, 3.63) is 28.2 Å². The molecular weight excluding hydrogens is 333 g/mol. The summed E-state index contributed by atoms with van der Waals surface area (Å²) in [6.45, 7) is 6.98. The van der Waals surface area contributed by atoms with Crippen molar-refractivity contribution >= 4 is 34.8 Å². The number of piperazine rings is 3. The number of amides is 1. The number of benzene rings is 1. The maximum atomic E-state index is 12.3. The van der Waals surface area contributed by atoms with Crippen LogP contribution in [-0.4, -0.2) is 61.1 Å². The summed E-state index contributed by atoms with van der Waals surface area (Å²) in [5.41, 5.74) is 0.523. The first-order valence-electron chi connectivity index (χ1n) is 6.89. The van der Waals surface area contributed by atoms with Gasteiger partial charge in [0, 0.05) is 19.6 Å². The summed E-state index contributed by atoms with van der Waals surface area (Å²) < 4.78 is 0.893. The lowest BCUT2D eigenvalue weighted by atomic mass is 10.1. The standard InChI is InChI=1S/C14H17Cl2N3O.ClH/c15-11-2-1-3-12(16)14(11)17-13(20)10-19-7-4-18(5-8-19)6-9-19;/h1-3H,4-10H2;1H. The van der Waals surface area contributed by atoms with Gasteiger partial charge in [-0.1, -0.05) is 29.3 Å². The highest BCUT2D eigenvalue weighted by Gasteiger charge is 2.39. The molecule has 4 rings (SSSR count). The molecule has 116 valence electrons.